The molecule has 0 unspecified atom stereocenters. The number of aliphatic hydroxyl groups excluding tert-OH is 1. The van der Waals surface area contributed by atoms with Gasteiger partial charge in [0.25, 0.3) is 0 Å². The molecule has 0 aliphatic heterocycles. The third-order valence-electron chi connectivity index (χ3n) is 3.34. The van der Waals surface area contributed by atoms with Crippen LogP contribution in [-0.4, -0.2) is 23.3 Å². The van der Waals surface area contributed by atoms with E-state index in [0.29, 0.717) is 12.8 Å². The van der Waals surface area contributed by atoms with Crippen LogP contribution in [0.5, 0.6) is 0 Å². The van der Waals surface area contributed by atoms with E-state index in [4.69, 9.17) is 0 Å². The number of carbonyl (C=O) groups is 1. The molecule has 0 bridgehead atoms. The van der Waals surface area contributed by atoms with Crippen LogP contribution in [0.2, 0.25) is 0 Å². The van der Waals surface area contributed by atoms with Crippen LogP contribution in [0.25, 0.3) is 0 Å². The van der Waals surface area contributed by atoms with Crippen LogP contribution < -0.4 is 10.6 Å². The number of aliphatic hydroxyl groups is 1. The summed E-state index contributed by atoms with van der Waals surface area (Å²) >= 11 is 0. The topological polar surface area (TPSA) is 61.4 Å². The largest absolute Gasteiger partial charge is 0.394 e. The van der Waals surface area contributed by atoms with Gasteiger partial charge < -0.3 is 15.7 Å². The highest BCUT2D eigenvalue weighted by Gasteiger charge is 2.26. The summed E-state index contributed by atoms with van der Waals surface area (Å²) in [5.41, 5.74) is 1.36. The van der Waals surface area contributed by atoms with Gasteiger partial charge in [0.15, 0.2) is 0 Å². The summed E-state index contributed by atoms with van der Waals surface area (Å²) in [6.07, 6.45) is 1.39. The number of anilines is 1. The normalized spacial score (nSPS) is 11.1. The Hall–Kier alpha value is -1.55. The molecule has 0 heterocycles. The second-order valence-corrected chi connectivity index (χ2v) is 4.59. The van der Waals surface area contributed by atoms with Gasteiger partial charge in [0.2, 0.25) is 0 Å². The van der Waals surface area contributed by atoms with Gasteiger partial charge in [0.1, 0.15) is 0 Å². The van der Waals surface area contributed by atoms with E-state index in [1.54, 1.807) is 0 Å². The van der Waals surface area contributed by atoms with E-state index in [1.165, 1.54) is 0 Å². The average molecular weight is 250 g/mol. The molecule has 1 rings (SSSR count). The Morgan fingerprint density at radius 1 is 1.22 bits per heavy atom. The molecular formula is C14H22N2O2. The predicted octanol–water partition coefficient (Wildman–Crippen LogP) is 2.67. The number of amides is 2. The second-order valence-electron chi connectivity index (χ2n) is 4.59. The number of hydrogen-bond acceptors (Lipinski definition) is 2. The fraction of sp³-hybridized carbons (Fsp3) is 0.500. The molecule has 0 aliphatic rings. The SMILES string of the molecule is CCC(CC)(CO)NC(=O)Nc1ccc(C)cc1. The van der Waals surface area contributed by atoms with E-state index in [0.717, 1.165) is 11.3 Å². The van der Waals surface area contributed by atoms with E-state index in [9.17, 15) is 9.90 Å². The summed E-state index contributed by atoms with van der Waals surface area (Å²) < 4.78 is 0. The van der Waals surface area contributed by atoms with Crippen molar-refractivity contribution in [1.82, 2.24) is 5.32 Å². The first-order valence-electron chi connectivity index (χ1n) is 6.32. The minimum Gasteiger partial charge on any atom is -0.394 e. The number of carbonyl (C=O) groups excluding carboxylic acids is 1. The monoisotopic (exact) mass is 250 g/mol. The first-order chi connectivity index (χ1) is 8.55. The number of hydrogen-bond donors (Lipinski definition) is 3. The fourth-order valence-corrected chi connectivity index (χ4v) is 1.73. The van der Waals surface area contributed by atoms with Crippen molar-refractivity contribution in [3.8, 4) is 0 Å². The maximum Gasteiger partial charge on any atom is 0.319 e. The lowest BCUT2D eigenvalue weighted by atomic mass is 9.94. The molecule has 1 aromatic rings. The Morgan fingerprint density at radius 3 is 2.22 bits per heavy atom. The van der Waals surface area contributed by atoms with E-state index >= 15 is 0 Å². The molecule has 0 radical (unpaired) electrons. The molecule has 4 heteroatoms. The van der Waals surface area contributed by atoms with Gasteiger partial charge >= 0.3 is 6.03 Å². The molecule has 0 saturated heterocycles. The third-order valence-corrected chi connectivity index (χ3v) is 3.34. The van der Waals surface area contributed by atoms with Crippen LogP contribution in [0.1, 0.15) is 32.3 Å². The van der Waals surface area contributed by atoms with Crippen LogP contribution in [0.4, 0.5) is 10.5 Å². The van der Waals surface area contributed by atoms with Crippen molar-refractivity contribution < 1.29 is 9.90 Å². The first-order valence-corrected chi connectivity index (χ1v) is 6.32. The highest BCUT2D eigenvalue weighted by atomic mass is 16.3. The molecule has 0 spiro atoms. The smallest absolute Gasteiger partial charge is 0.319 e. The Morgan fingerprint density at radius 2 is 1.78 bits per heavy atom. The van der Waals surface area contributed by atoms with Crippen LogP contribution in [0.15, 0.2) is 24.3 Å². The second kappa shape index (κ2) is 6.40. The molecular weight excluding hydrogens is 228 g/mol. The van der Waals surface area contributed by atoms with E-state index in [1.807, 2.05) is 45.0 Å². The molecule has 100 valence electrons. The van der Waals surface area contributed by atoms with Crippen molar-refractivity contribution in [3.63, 3.8) is 0 Å². The molecule has 0 saturated carbocycles. The number of rotatable bonds is 5. The van der Waals surface area contributed by atoms with Crippen molar-refractivity contribution >= 4 is 11.7 Å². The number of nitrogens with one attached hydrogen (secondary N) is 2. The summed E-state index contributed by atoms with van der Waals surface area (Å²) in [5.74, 6) is 0. The van der Waals surface area contributed by atoms with Gasteiger partial charge in [-0.05, 0) is 31.9 Å². The summed E-state index contributed by atoms with van der Waals surface area (Å²) in [6.45, 7) is 5.84. The fourth-order valence-electron chi connectivity index (χ4n) is 1.73. The molecule has 18 heavy (non-hydrogen) atoms. The van der Waals surface area contributed by atoms with Crippen LogP contribution in [0.3, 0.4) is 0 Å². The predicted molar refractivity (Wildman–Crippen MR) is 73.7 cm³/mol. The van der Waals surface area contributed by atoms with Gasteiger partial charge in [0.05, 0.1) is 12.1 Å². The van der Waals surface area contributed by atoms with Crippen molar-refractivity contribution in [2.24, 2.45) is 0 Å². The molecule has 1 aromatic carbocycles. The molecule has 0 atom stereocenters. The van der Waals surface area contributed by atoms with Gasteiger partial charge in [-0.25, -0.2) is 4.79 Å². The zero-order chi connectivity index (χ0) is 13.6. The zero-order valence-corrected chi connectivity index (χ0v) is 11.3. The lowest BCUT2D eigenvalue weighted by molar-refractivity contribution is 0.155. The minimum absolute atomic E-state index is 0.0542. The zero-order valence-electron chi connectivity index (χ0n) is 11.3. The van der Waals surface area contributed by atoms with Gasteiger partial charge in [0, 0.05) is 5.69 Å². The standard InChI is InChI=1S/C14H22N2O2/c1-4-14(5-2,10-17)16-13(18)15-12-8-6-11(3)7-9-12/h6-9,17H,4-5,10H2,1-3H3,(H2,15,16,18). The summed E-state index contributed by atoms with van der Waals surface area (Å²) in [4.78, 5) is 11.9. The van der Waals surface area contributed by atoms with Crippen LogP contribution in [0, 0.1) is 6.92 Å². The maximum atomic E-state index is 11.9. The van der Waals surface area contributed by atoms with E-state index in [-0.39, 0.29) is 12.6 Å². The van der Waals surface area contributed by atoms with E-state index < -0.39 is 5.54 Å². The quantitative estimate of drug-likeness (QED) is 0.752. The number of urea groups is 1. The summed E-state index contributed by atoms with van der Waals surface area (Å²) in [6, 6.07) is 7.31. The van der Waals surface area contributed by atoms with Crippen LogP contribution >= 0.6 is 0 Å². The van der Waals surface area contributed by atoms with Gasteiger partial charge in [-0.1, -0.05) is 31.5 Å². The Kier molecular flexibility index (Phi) is 5.16. The molecule has 4 nitrogen and oxygen atoms in total. The Balaban J connectivity index is 2.63. The molecule has 2 amide bonds. The average Bonchev–Trinajstić information content (AvgIpc) is 2.39. The van der Waals surface area contributed by atoms with Crippen LogP contribution in [-0.2, 0) is 0 Å². The lowest BCUT2D eigenvalue weighted by Crippen LogP contribution is -2.51. The van der Waals surface area contributed by atoms with E-state index in [2.05, 4.69) is 10.6 Å². The molecule has 0 fully saturated rings. The third kappa shape index (κ3) is 3.74. The lowest BCUT2D eigenvalue weighted by Gasteiger charge is -2.30. The highest BCUT2D eigenvalue weighted by molar-refractivity contribution is 5.89. The number of benzene rings is 1. The van der Waals surface area contributed by atoms with Crippen molar-refractivity contribution in [2.45, 2.75) is 39.2 Å². The number of aryl methyl sites for hydroxylation is 1. The molecule has 0 aliphatic carbocycles. The maximum absolute atomic E-state index is 11.9. The van der Waals surface area contributed by atoms with Crippen molar-refractivity contribution in [3.05, 3.63) is 29.8 Å². The summed E-state index contributed by atoms with van der Waals surface area (Å²) in [7, 11) is 0. The van der Waals surface area contributed by atoms with Gasteiger partial charge in [-0.15, -0.1) is 0 Å². The van der Waals surface area contributed by atoms with Gasteiger partial charge in [-0.2, -0.15) is 0 Å². The van der Waals surface area contributed by atoms with Crippen molar-refractivity contribution in [1.29, 1.82) is 0 Å². The van der Waals surface area contributed by atoms with Gasteiger partial charge in [-0.3, -0.25) is 0 Å². The highest BCUT2D eigenvalue weighted by Crippen LogP contribution is 2.15. The Bertz CT molecular complexity index is 375. The minimum atomic E-state index is -0.533. The van der Waals surface area contributed by atoms with Crippen molar-refractivity contribution in [2.75, 3.05) is 11.9 Å². The molecule has 0 aromatic heterocycles. The Labute approximate surface area is 108 Å². The summed E-state index contributed by atoms with van der Waals surface area (Å²) in [5, 5.41) is 15.0. The molecule has 3 N–H and O–H groups in total. The first kappa shape index (κ1) is 14.5.